The number of nitrogen functional groups attached to an aromatic ring is 1. The first kappa shape index (κ1) is 11.3. The quantitative estimate of drug-likeness (QED) is 0.884. The summed E-state index contributed by atoms with van der Waals surface area (Å²) in [5, 5.41) is 4.42. The number of hydrogen-bond acceptors (Lipinski definition) is 4. The van der Waals surface area contributed by atoms with E-state index >= 15 is 0 Å². The van der Waals surface area contributed by atoms with E-state index in [2.05, 4.69) is 5.10 Å². The van der Waals surface area contributed by atoms with Gasteiger partial charge in [0.25, 0.3) is 0 Å². The summed E-state index contributed by atoms with van der Waals surface area (Å²) in [6, 6.07) is 7.52. The molecular formula is C12H13N3O2S. The number of nitrogens with zero attached hydrogens (tertiary/aromatic N) is 2. The molecule has 0 fully saturated rings. The van der Waals surface area contributed by atoms with Crippen molar-refractivity contribution in [3.05, 3.63) is 35.5 Å². The Bertz CT molecular complexity index is 619. The standard InChI is InChI=1S/C12H13N3O2S/c1-17-9-4-2-8(3-5-9)15-12(13)10-6-18(16)7-11(10)14-15/h2-5H,6-7,13H2,1H3. The summed E-state index contributed by atoms with van der Waals surface area (Å²) >= 11 is 0. The Balaban J connectivity index is 2.02. The maximum atomic E-state index is 11.4. The summed E-state index contributed by atoms with van der Waals surface area (Å²) in [5.41, 5.74) is 8.71. The molecule has 0 radical (unpaired) electrons. The Morgan fingerprint density at radius 1 is 1.33 bits per heavy atom. The van der Waals surface area contributed by atoms with Crippen LogP contribution >= 0.6 is 0 Å². The second-order valence-corrected chi connectivity index (χ2v) is 5.61. The topological polar surface area (TPSA) is 70.1 Å². The van der Waals surface area contributed by atoms with E-state index in [0.29, 0.717) is 17.3 Å². The van der Waals surface area contributed by atoms with Gasteiger partial charge in [-0.25, -0.2) is 4.68 Å². The molecule has 3 rings (SSSR count). The minimum atomic E-state index is -0.844. The molecule has 2 heterocycles. The monoisotopic (exact) mass is 263 g/mol. The first-order chi connectivity index (χ1) is 8.69. The third kappa shape index (κ3) is 1.69. The number of aromatic nitrogens is 2. The van der Waals surface area contributed by atoms with Crippen LogP contribution in [0.3, 0.4) is 0 Å². The lowest BCUT2D eigenvalue weighted by atomic mass is 10.2. The Morgan fingerprint density at radius 3 is 2.67 bits per heavy atom. The molecule has 0 saturated carbocycles. The summed E-state index contributed by atoms with van der Waals surface area (Å²) in [6.45, 7) is 0. The van der Waals surface area contributed by atoms with Crippen LogP contribution in [0.2, 0.25) is 0 Å². The van der Waals surface area contributed by atoms with Crippen molar-refractivity contribution >= 4 is 16.6 Å². The van der Waals surface area contributed by atoms with E-state index in [9.17, 15) is 4.21 Å². The summed E-state index contributed by atoms with van der Waals surface area (Å²) in [6.07, 6.45) is 0. The van der Waals surface area contributed by atoms with Crippen molar-refractivity contribution in [1.82, 2.24) is 9.78 Å². The number of anilines is 1. The molecular weight excluding hydrogens is 250 g/mol. The first-order valence-corrected chi connectivity index (χ1v) is 7.03. The number of benzene rings is 1. The van der Waals surface area contributed by atoms with E-state index in [1.807, 2.05) is 24.3 Å². The number of nitrogens with two attached hydrogens (primary N) is 1. The largest absolute Gasteiger partial charge is 0.497 e. The molecule has 5 nitrogen and oxygen atoms in total. The van der Waals surface area contributed by atoms with Crippen LogP contribution < -0.4 is 10.5 Å². The Kier molecular flexibility index (Phi) is 2.59. The van der Waals surface area contributed by atoms with Crippen molar-refractivity contribution in [1.29, 1.82) is 0 Å². The Labute approximate surface area is 107 Å². The van der Waals surface area contributed by atoms with E-state index in [1.54, 1.807) is 11.8 Å². The van der Waals surface area contributed by atoms with E-state index in [-0.39, 0.29) is 0 Å². The minimum absolute atomic E-state index is 0.503. The molecule has 0 saturated heterocycles. The van der Waals surface area contributed by atoms with Crippen LogP contribution in [-0.2, 0) is 22.3 Å². The van der Waals surface area contributed by atoms with Gasteiger partial charge >= 0.3 is 0 Å². The molecule has 94 valence electrons. The van der Waals surface area contributed by atoms with Crippen molar-refractivity contribution < 1.29 is 8.95 Å². The number of fused-ring (bicyclic) bond motifs is 1. The second-order valence-electron chi connectivity index (χ2n) is 4.15. The van der Waals surface area contributed by atoms with Gasteiger partial charge in [0.1, 0.15) is 11.6 Å². The molecule has 1 atom stereocenters. The molecule has 1 unspecified atom stereocenters. The Hall–Kier alpha value is -1.82. The van der Waals surface area contributed by atoms with Gasteiger partial charge in [0.15, 0.2) is 0 Å². The van der Waals surface area contributed by atoms with Gasteiger partial charge in [0.2, 0.25) is 0 Å². The van der Waals surface area contributed by atoms with E-state index in [1.165, 1.54) is 0 Å². The molecule has 1 aromatic heterocycles. The van der Waals surface area contributed by atoms with E-state index in [0.717, 1.165) is 22.7 Å². The molecule has 6 heteroatoms. The van der Waals surface area contributed by atoms with Crippen molar-refractivity contribution in [2.75, 3.05) is 12.8 Å². The summed E-state index contributed by atoms with van der Waals surface area (Å²) in [7, 11) is 0.782. The van der Waals surface area contributed by atoms with Crippen LogP contribution in [0, 0.1) is 0 Å². The normalized spacial score (nSPS) is 17.7. The van der Waals surface area contributed by atoms with Gasteiger partial charge in [-0.3, -0.25) is 4.21 Å². The zero-order valence-electron chi connectivity index (χ0n) is 9.92. The van der Waals surface area contributed by atoms with Gasteiger partial charge in [0.05, 0.1) is 30.0 Å². The molecule has 1 aromatic carbocycles. The molecule has 18 heavy (non-hydrogen) atoms. The van der Waals surface area contributed by atoms with Crippen molar-refractivity contribution in [3.63, 3.8) is 0 Å². The van der Waals surface area contributed by atoms with Gasteiger partial charge in [0, 0.05) is 16.4 Å². The number of ether oxygens (including phenoxy) is 1. The number of methoxy groups -OCH3 is 1. The molecule has 0 spiro atoms. The first-order valence-electron chi connectivity index (χ1n) is 5.54. The van der Waals surface area contributed by atoms with Crippen LogP contribution in [0.25, 0.3) is 5.69 Å². The van der Waals surface area contributed by atoms with Gasteiger partial charge in [-0.1, -0.05) is 0 Å². The summed E-state index contributed by atoms with van der Waals surface area (Å²) in [4.78, 5) is 0. The molecule has 0 bridgehead atoms. The molecule has 1 aliphatic heterocycles. The van der Waals surface area contributed by atoms with E-state index in [4.69, 9.17) is 10.5 Å². The maximum Gasteiger partial charge on any atom is 0.131 e. The summed E-state index contributed by atoms with van der Waals surface area (Å²) < 4.78 is 18.2. The van der Waals surface area contributed by atoms with Gasteiger partial charge in [-0.15, -0.1) is 0 Å². The maximum absolute atomic E-state index is 11.4. The smallest absolute Gasteiger partial charge is 0.131 e. The molecule has 1 aliphatic rings. The average molecular weight is 263 g/mol. The van der Waals surface area contributed by atoms with E-state index < -0.39 is 10.8 Å². The minimum Gasteiger partial charge on any atom is -0.497 e. The van der Waals surface area contributed by atoms with Gasteiger partial charge in [-0.05, 0) is 24.3 Å². The molecule has 2 aromatic rings. The lowest BCUT2D eigenvalue weighted by Crippen LogP contribution is -2.04. The van der Waals surface area contributed by atoms with Crippen LogP contribution in [0.15, 0.2) is 24.3 Å². The van der Waals surface area contributed by atoms with Crippen molar-refractivity contribution in [2.24, 2.45) is 0 Å². The SMILES string of the molecule is COc1ccc(-n2nc3c(c2N)CS(=O)C3)cc1. The predicted octanol–water partition coefficient (Wildman–Crippen LogP) is 1.23. The highest BCUT2D eigenvalue weighted by atomic mass is 32.2. The molecule has 2 N–H and O–H groups in total. The highest BCUT2D eigenvalue weighted by Gasteiger charge is 2.25. The fraction of sp³-hybridized carbons (Fsp3) is 0.250. The fourth-order valence-corrected chi connectivity index (χ4v) is 3.34. The van der Waals surface area contributed by atoms with Crippen molar-refractivity contribution in [3.8, 4) is 11.4 Å². The third-order valence-corrected chi connectivity index (χ3v) is 4.23. The van der Waals surface area contributed by atoms with Crippen molar-refractivity contribution in [2.45, 2.75) is 11.5 Å². The lowest BCUT2D eigenvalue weighted by Gasteiger charge is -2.06. The zero-order chi connectivity index (χ0) is 12.7. The molecule has 0 amide bonds. The van der Waals surface area contributed by atoms with Crippen LogP contribution in [0.5, 0.6) is 5.75 Å². The number of hydrogen-bond donors (Lipinski definition) is 1. The van der Waals surface area contributed by atoms with Gasteiger partial charge < -0.3 is 10.5 Å². The zero-order valence-corrected chi connectivity index (χ0v) is 10.7. The average Bonchev–Trinajstić information content (AvgIpc) is 2.88. The van der Waals surface area contributed by atoms with Gasteiger partial charge in [-0.2, -0.15) is 5.10 Å². The molecule has 0 aliphatic carbocycles. The second kappa shape index (κ2) is 4.13. The highest BCUT2D eigenvalue weighted by Crippen LogP contribution is 2.29. The third-order valence-electron chi connectivity index (χ3n) is 3.03. The van der Waals surface area contributed by atoms with Crippen LogP contribution in [-0.4, -0.2) is 21.1 Å². The van der Waals surface area contributed by atoms with Crippen LogP contribution in [0.1, 0.15) is 11.3 Å². The lowest BCUT2D eigenvalue weighted by molar-refractivity contribution is 0.414. The Morgan fingerprint density at radius 2 is 2.06 bits per heavy atom. The van der Waals surface area contributed by atoms with Crippen LogP contribution in [0.4, 0.5) is 5.82 Å². The predicted molar refractivity (Wildman–Crippen MR) is 70.1 cm³/mol. The highest BCUT2D eigenvalue weighted by molar-refractivity contribution is 7.83. The number of rotatable bonds is 2. The summed E-state index contributed by atoms with van der Waals surface area (Å²) in [5.74, 6) is 2.39. The fourth-order valence-electron chi connectivity index (χ4n) is 2.07.